The number of benzene rings is 1. The molecule has 0 saturated carbocycles. The molecule has 0 fully saturated rings. The van der Waals surface area contributed by atoms with E-state index in [0.717, 1.165) is 10.1 Å². The van der Waals surface area contributed by atoms with Gasteiger partial charge >= 0.3 is 5.69 Å². The third kappa shape index (κ3) is 2.83. The highest BCUT2D eigenvalue weighted by Gasteiger charge is 2.20. The molecule has 1 aromatic carbocycles. The quantitative estimate of drug-likeness (QED) is 0.673. The third-order valence-electron chi connectivity index (χ3n) is 3.96. The van der Waals surface area contributed by atoms with Crippen molar-refractivity contribution in [3.8, 4) is 11.4 Å². The van der Waals surface area contributed by atoms with Gasteiger partial charge < -0.3 is 0 Å². The Bertz CT molecular complexity index is 1120. The number of aromatic nitrogens is 4. The highest BCUT2D eigenvalue weighted by molar-refractivity contribution is 5.89. The first-order valence-corrected chi connectivity index (χ1v) is 7.85. The number of nitrogens with one attached hydrogen (secondary N) is 1. The second kappa shape index (κ2) is 6.43. The predicted molar refractivity (Wildman–Crippen MR) is 97.7 cm³/mol. The summed E-state index contributed by atoms with van der Waals surface area (Å²) >= 11 is 0. The van der Waals surface area contributed by atoms with Crippen molar-refractivity contribution in [1.82, 2.24) is 24.5 Å². The number of aryl methyl sites for hydroxylation is 1. The van der Waals surface area contributed by atoms with Crippen LogP contribution in [0.1, 0.15) is 6.92 Å². The van der Waals surface area contributed by atoms with Gasteiger partial charge in [0.25, 0.3) is 5.56 Å². The summed E-state index contributed by atoms with van der Waals surface area (Å²) in [7, 11) is 4.49. The lowest BCUT2D eigenvalue weighted by atomic mass is 10.2. The molecule has 26 heavy (non-hydrogen) atoms. The molecule has 0 spiro atoms. The van der Waals surface area contributed by atoms with Crippen molar-refractivity contribution in [2.24, 2.45) is 14.1 Å². The highest BCUT2D eigenvalue weighted by Crippen LogP contribution is 2.23. The van der Waals surface area contributed by atoms with E-state index in [0.29, 0.717) is 5.82 Å². The van der Waals surface area contributed by atoms with Crippen LogP contribution in [-0.2, 0) is 18.9 Å². The monoisotopic (exact) mass is 354 g/mol. The Morgan fingerprint density at radius 3 is 2.35 bits per heavy atom. The maximum Gasteiger partial charge on any atom is 0.332 e. The molecule has 9 heteroatoms. The Kier molecular flexibility index (Phi) is 4.29. The van der Waals surface area contributed by atoms with Crippen LogP contribution in [0.25, 0.3) is 22.4 Å². The molecule has 9 nitrogen and oxygen atoms in total. The van der Waals surface area contributed by atoms with Crippen molar-refractivity contribution in [1.29, 1.82) is 0 Å². The fraction of sp³-hybridized carbons (Fsp3) is 0.235. The summed E-state index contributed by atoms with van der Waals surface area (Å²) in [4.78, 5) is 45.3. The molecule has 1 amide bonds. The Balaban J connectivity index is 2.43. The van der Waals surface area contributed by atoms with Gasteiger partial charge in [0.15, 0.2) is 17.3 Å². The van der Waals surface area contributed by atoms with Gasteiger partial charge in [-0.3, -0.25) is 29.2 Å². The Morgan fingerprint density at radius 2 is 1.73 bits per heavy atom. The molecule has 0 atom stereocenters. The van der Waals surface area contributed by atoms with Gasteiger partial charge in [-0.05, 0) is 0 Å². The van der Waals surface area contributed by atoms with E-state index in [-0.39, 0.29) is 22.8 Å². The predicted octanol–water partition coefficient (Wildman–Crippen LogP) is 0.181. The van der Waals surface area contributed by atoms with Crippen LogP contribution in [0.2, 0.25) is 0 Å². The van der Waals surface area contributed by atoms with Crippen molar-refractivity contribution in [2.45, 2.75) is 6.92 Å². The average Bonchev–Trinajstić information content (AvgIpc) is 2.63. The first-order chi connectivity index (χ1) is 12.3. The molecule has 2 aromatic heterocycles. The molecule has 0 aliphatic rings. The third-order valence-corrected chi connectivity index (χ3v) is 3.96. The Hall–Kier alpha value is -3.49. The Morgan fingerprint density at radius 1 is 1.08 bits per heavy atom. The van der Waals surface area contributed by atoms with Gasteiger partial charge in [-0.15, -0.1) is 0 Å². The fourth-order valence-electron chi connectivity index (χ4n) is 2.69. The summed E-state index contributed by atoms with van der Waals surface area (Å²) in [5.74, 6) is 0.232. The number of fused-ring (bicyclic) bond motifs is 1. The number of hydrogen-bond donors (Lipinski definition) is 1. The minimum Gasteiger partial charge on any atom is -0.280 e. The summed E-state index contributed by atoms with van der Waals surface area (Å²) in [6, 6.07) is 9.18. The van der Waals surface area contributed by atoms with E-state index in [2.05, 4.69) is 15.4 Å². The molecule has 0 aliphatic carbocycles. The zero-order chi connectivity index (χ0) is 19.0. The van der Waals surface area contributed by atoms with Gasteiger partial charge in [-0.2, -0.15) is 0 Å². The van der Waals surface area contributed by atoms with Crippen LogP contribution < -0.4 is 21.7 Å². The molecule has 0 radical (unpaired) electrons. The fourth-order valence-corrected chi connectivity index (χ4v) is 2.69. The molecule has 0 saturated heterocycles. The first-order valence-electron chi connectivity index (χ1n) is 7.85. The zero-order valence-electron chi connectivity index (χ0n) is 14.8. The molecule has 2 heterocycles. The van der Waals surface area contributed by atoms with Gasteiger partial charge in [0.1, 0.15) is 5.39 Å². The second-order valence-corrected chi connectivity index (χ2v) is 5.87. The van der Waals surface area contributed by atoms with Crippen LogP contribution in [0.4, 0.5) is 5.82 Å². The normalized spacial score (nSPS) is 10.8. The van der Waals surface area contributed by atoms with E-state index in [1.54, 1.807) is 7.05 Å². The summed E-state index contributed by atoms with van der Waals surface area (Å²) in [6.45, 7) is 1.35. The maximum atomic E-state index is 12.7. The van der Waals surface area contributed by atoms with E-state index in [9.17, 15) is 14.4 Å². The van der Waals surface area contributed by atoms with Crippen LogP contribution in [0.15, 0.2) is 39.9 Å². The molecule has 0 unspecified atom stereocenters. The number of anilines is 1. The number of carbonyl (C=O) groups is 1. The molecule has 3 rings (SSSR count). The van der Waals surface area contributed by atoms with Crippen LogP contribution >= 0.6 is 0 Å². The largest absolute Gasteiger partial charge is 0.332 e. The van der Waals surface area contributed by atoms with E-state index in [1.165, 1.54) is 30.6 Å². The molecular formula is C17H18N6O3. The van der Waals surface area contributed by atoms with Gasteiger partial charge in [0.2, 0.25) is 5.91 Å². The minimum absolute atomic E-state index is 0.144. The standard InChI is InChI=1S/C17H18N6O3/c1-10(24)20-23(4)15-12-14(21(2)17(26)22(3)16(12)25)18-13(19-15)11-8-6-5-7-9-11/h5-9H,1-4H3,(H,20,24). The summed E-state index contributed by atoms with van der Waals surface area (Å²) in [6.07, 6.45) is 0. The number of rotatable bonds is 3. The van der Waals surface area contributed by atoms with E-state index in [4.69, 9.17) is 0 Å². The van der Waals surface area contributed by atoms with E-state index < -0.39 is 11.2 Å². The zero-order valence-corrected chi connectivity index (χ0v) is 14.8. The number of nitrogens with zero attached hydrogens (tertiary/aromatic N) is 5. The van der Waals surface area contributed by atoms with Gasteiger partial charge in [0.05, 0.1) is 0 Å². The van der Waals surface area contributed by atoms with Crippen LogP contribution in [0.3, 0.4) is 0 Å². The highest BCUT2D eigenvalue weighted by atomic mass is 16.2. The van der Waals surface area contributed by atoms with Crippen LogP contribution in [0, 0.1) is 0 Å². The minimum atomic E-state index is -0.532. The van der Waals surface area contributed by atoms with Gasteiger partial charge in [-0.1, -0.05) is 30.3 Å². The lowest BCUT2D eigenvalue weighted by molar-refractivity contribution is -0.119. The van der Waals surface area contributed by atoms with Crippen LogP contribution in [0.5, 0.6) is 0 Å². The summed E-state index contributed by atoms with van der Waals surface area (Å²) in [5.41, 5.74) is 2.47. The first kappa shape index (κ1) is 17.3. The van der Waals surface area contributed by atoms with E-state index >= 15 is 0 Å². The average molecular weight is 354 g/mol. The number of hydrazine groups is 1. The lowest BCUT2D eigenvalue weighted by Gasteiger charge is -2.21. The van der Waals surface area contributed by atoms with Crippen molar-refractivity contribution in [3.05, 3.63) is 51.2 Å². The SMILES string of the molecule is CC(=O)NN(C)c1nc(-c2ccccc2)nc2c1c(=O)n(C)c(=O)n2C. The molecule has 3 aromatic rings. The number of hydrogen-bond acceptors (Lipinski definition) is 6. The van der Waals surface area contributed by atoms with Crippen molar-refractivity contribution >= 4 is 22.8 Å². The van der Waals surface area contributed by atoms with Crippen LogP contribution in [-0.4, -0.2) is 32.1 Å². The maximum absolute atomic E-state index is 12.7. The second-order valence-electron chi connectivity index (χ2n) is 5.87. The van der Waals surface area contributed by atoms with Crippen molar-refractivity contribution < 1.29 is 4.79 Å². The van der Waals surface area contributed by atoms with Gasteiger partial charge in [-0.25, -0.2) is 14.8 Å². The Labute approximate surface area is 148 Å². The molecule has 0 bridgehead atoms. The summed E-state index contributed by atoms with van der Waals surface area (Å²) < 4.78 is 2.27. The number of amides is 1. The van der Waals surface area contributed by atoms with E-state index in [1.807, 2.05) is 30.3 Å². The number of carbonyl (C=O) groups excluding carboxylic acids is 1. The topological polar surface area (TPSA) is 102 Å². The smallest absolute Gasteiger partial charge is 0.280 e. The summed E-state index contributed by atoms with van der Waals surface area (Å²) in [5, 5.41) is 1.50. The molecule has 0 aliphatic heterocycles. The van der Waals surface area contributed by atoms with Crippen molar-refractivity contribution in [3.63, 3.8) is 0 Å². The van der Waals surface area contributed by atoms with Gasteiger partial charge in [0, 0.05) is 33.6 Å². The van der Waals surface area contributed by atoms with Crippen molar-refractivity contribution in [2.75, 3.05) is 12.1 Å². The molecule has 134 valence electrons. The molecule has 1 N–H and O–H groups in total. The lowest BCUT2D eigenvalue weighted by Crippen LogP contribution is -2.42. The molecular weight excluding hydrogens is 336 g/mol.